The highest BCUT2D eigenvalue weighted by Gasteiger charge is 2.26. The molecule has 73 heavy (non-hydrogen) atoms. The van der Waals surface area contributed by atoms with Crippen LogP contribution in [0, 0.1) is 0 Å². The summed E-state index contributed by atoms with van der Waals surface area (Å²) in [6.07, 6.45) is 17.4. The van der Waals surface area contributed by atoms with Gasteiger partial charge in [-0.25, -0.2) is 15.0 Å². The van der Waals surface area contributed by atoms with Gasteiger partial charge in [-0.1, -0.05) is 36.4 Å². The number of nitrogens with zero attached hydrogens (tertiary/aromatic N) is 6. The zero-order chi connectivity index (χ0) is 51.8. The number of nitrogens with one attached hydrogen (secondary N) is 6. The van der Waals surface area contributed by atoms with Gasteiger partial charge in [0.15, 0.2) is 0 Å². The van der Waals surface area contributed by atoms with Crippen molar-refractivity contribution < 1.29 is 28.8 Å². The lowest BCUT2D eigenvalue weighted by Gasteiger charge is -2.22. The largest absolute Gasteiger partial charge is 0.339 e. The number of amides is 6. The second-order valence-electron chi connectivity index (χ2n) is 17.0. The van der Waals surface area contributed by atoms with Crippen molar-refractivity contribution in [1.29, 1.82) is 0 Å². The topological polar surface area (TPSA) is 330 Å². The predicted molar refractivity (Wildman–Crippen MR) is 275 cm³/mol. The molecule has 0 radical (unpaired) electrons. The molecule has 3 aromatic carbocycles. The van der Waals surface area contributed by atoms with E-state index in [1.54, 1.807) is 36.4 Å². The Morgan fingerprint density at radius 1 is 0.384 bits per heavy atom. The van der Waals surface area contributed by atoms with E-state index in [2.05, 4.69) is 61.8 Å². The van der Waals surface area contributed by atoms with E-state index in [1.807, 2.05) is 36.4 Å². The van der Waals surface area contributed by atoms with Gasteiger partial charge in [0.25, 0.3) is 17.7 Å². The normalized spacial score (nSPS) is 12.2. The van der Waals surface area contributed by atoms with Crippen LogP contribution in [-0.4, -0.2) is 103 Å². The van der Waals surface area contributed by atoms with Crippen molar-refractivity contribution >= 4 is 52.5 Å². The van der Waals surface area contributed by atoms with Gasteiger partial charge >= 0.3 is 0 Å². The number of carbonyl (C=O) groups excluding carboxylic acids is 6. The van der Waals surface area contributed by atoms with Crippen LogP contribution < -0.4 is 49.1 Å². The first kappa shape index (κ1) is 53.9. The SMILES string of the molecule is NCCCC[C@@H](NC(=O)c1cnccn1)C(=O)Nc1ccc(C(c2ccc(NC(=O)[C@@H](CCCCN)NC(=O)c3cnccn3)cc2)c2ccc(NC(=O)[C@@H](CCCCN)NC(=O)c3cnccn3)cc2)cc1. The maximum atomic E-state index is 13.7. The van der Waals surface area contributed by atoms with E-state index in [4.69, 9.17) is 17.2 Å². The number of nitrogens with two attached hydrogens (primary N) is 3. The molecule has 6 aromatic rings. The van der Waals surface area contributed by atoms with Gasteiger partial charge in [-0.2, -0.15) is 0 Å². The summed E-state index contributed by atoms with van der Waals surface area (Å²) in [5.41, 5.74) is 21.4. The Morgan fingerprint density at radius 2 is 0.658 bits per heavy atom. The van der Waals surface area contributed by atoms with Gasteiger partial charge in [-0.3, -0.25) is 43.7 Å². The third kappa shape index (κ3) is 16.6. The lowest BCUT2D eigenvalue weighted by atomic mass is 9.85. The highest BCUT2D eigenvalue weighted by Crippen LogP contribution is 2.34. The number of unbranched alkanes of at least 4 members (excludes halogenated alkanes) is 3. The monoisotopic (exact) mass is 991 g/mol. The molecule has 6 amide bonds. The van der Waals surface area contributed by atoms with Gasteiger partial charge in [0.1, 0.15) is 35.2 Å². The standard InChI is InChI=1S/C52H61N15O6/c53-22-4-1-7-40(65-50(71)43-31-56-25-28-59-43)47(68)62-37-16-10-34(11-17-37)46(35-12-18-38(19-13-35)63-48(69)41(8-2-5-23-54)66-51(72)44-32-57-26-29-60-44)36-14-20-39(21-15-36)64-49(70)42(9-3-6-24-55)67-52(73)45-33-58-27-30-61-45/h10-21,25-33,40-42,46H,1-9,22-24,53-55H2,(H,62,68)(H,63,69)(H,64,70)(H,65,71)(H,66,72)(H,67,73)/t40-,41-,42-/m1/s1. The molecule has 3 atom stereocenters. The molecule has 0 bridgehead atoms. The minimum atomic E-state index is -0.877. The lowest BCUT2D eigenvalue weighted by molar-refractivity contribution is -0.118. The summed E-state index contributed by atoms with van der Waals surface area (Å²) >= 11 is 0. The molecule has 0 unspecified atom stereocenters. The molecule has 0 aliphatic rings. The number of rotatable bonds is 27. The summed E-state index contributed by atoms with van der Waals surface area (Å²) in [4.78, 5) is 104. The number of hydrogen-bond acceptors (Lipinski definition) is 15. The number of carbonyl (C=O) groups is 6. The second kappa shape index (κ2) is 28.4. The van der Waals surface area contributed by atoms with Gasteiger partial charge < -0.3 is 49.1 Å². The first-order valence-corrected chi connectivity index (χ1v) is 24.1. The van der Waals surface area contributed by atoms with E-state index in [0.29, 0.717) is 94.5 Å². The summed E-state index contributed by atoms with van der Waals surface area (Å²) in [6.45, 7) is 1.31. The number of hydrogen-bond donors (Lipinski definition) is 9. The fraction of sp³-hybridized carbons (Fsp3) is 0.308. The minimum absolute atomic E-state index is 0.0801. The van der Waals surface area contributed by atoms with Crippen molar-refractivity contribution in [3.05, 3.63) is 162 Å². The van der Waals surface area contributed by atoms with Crippen LogP contribution in [0.4, 0.5) is 17.1 Å². The third-order valence-corrected chi connectivity index (χ3v) is 11.6. The number of aromatic nitrogens is 6. The van der Waals surface area contributed by atoms with Gasteiger partial charge in [0.2, 0.25) is 17.7 Å². The Kier molecular flexibility index (Phi) is 21.0. The van der Waals surface area contributed by atoms with E-state index in [0.717, 1.165) is 16.7 Å². The van der Waals surface area contributed by atoms with E-state index in [1.165, 1.54) is 55.8 Å². The Hall–Kier alpha value is -8.40. The molecular formula is C52H61N15O6. The summed E-state index contributed by atoms with van der Waals surface area (Å²) in [6, 6.07) is 19.3. The quantitative estimate of drug-likeness (QED) is 0.0262. The lowest BCUT2D eigenvalue weighted by Crippen LogP contribution is -2.44. The van der Waals surface area contributed by atoms with Crippen LogP contribution in [0.5, 0.6) is 0 Å². The number of anilines is 3. The van der Waals surface area contributed by atoms with Crippen LogP contribution >= 0.6 is 0 Å². The molecule has 0 spiro atoms. The van der Waals surface area contributed by atoms with Crippen LogP contribution in [0.15, 0.2) is 129 Å². The smallest absolute Gasteiger partial charge is 0.272 e. The molecule has 6 rings (SSSR count). The molecule has 0 fully saturated rings. The van der Waals surface area contributed by atoms with Gasteiger partial charge in [0, 0.05) is 60.2 Å². The van der Waals surface area contributed by atoms with E-state index >= 15 is 0 Å². The molecular weight excluding hydrogens is 931 g/mol. The molecule has 3 heterocycles. The van der Waals surface area contributed by atoms with Crippen molar-refractivity contribution in [3.8, 4) is 0 Å². The van der Waals surface area contributed by atoms with Gasteiger partial charge in [-0.15, -0.1) is 0 Å². The third-order valence-electron chi connectivity index (χ3n) is 11.6. The molecule has 21 nitrogen and oxygen atoms in total. The average Bonchev–Trinajstić information content (AvgIpc) is 3.42. The van der Waals surface area contributed by atoms with Crippen molar-refractivity contribution in [2.45, 2.75) is 81.8 Å². The zero-order valence-electron chi connectivity index (χ0n) is 40.3. The summed E-state index contributed by atoms with van der Waals surface area (Å²) in [5.74, 6) is -3.25. The number of benzene rings is 3. The first-order valence-electron chi connectivity index (χ1n) is 24.1. The summed E-state index contributed by atoms with van der Waals surface area (Å²) in [5, 5.41) is 17.1. The minimum Gasteiger partial charge on any atom is -0.339 e. The molecule has 12 N–H and O–H groups in total. The van der Waals surface area contributed by atoms with Crippen LogP contribution in [0.2, 0.25) is 0 Å². The van der Waals surface area contributed by atoms with Crippen LogP contribution in [0.3, 0.4) is 0 Å². The Morgan fingerprint density at radius 3 is 0.890 bits per heavy atom. The highest BCUT2D eigenvalue weighted by molar-refractivity contribution is 6.02. The van der Waals surface area contributed by atoms with Gasteiger partial charge in [0.05, 0.1) is 18.6 Å². The molecule has 0 saturated carbocycles. The van der Waals surface area contributed by atoms with Crippen molar-refractivity contribution in [2.24, 2.45) is 17.2 Å². The molecule has 21 heteroatoms. The first-order chi connectivity index (χ1) is 35.6. The molecule has 0 saturated heterocycles. The molecule has 0 aliphatic heterocycles. The van der Waals surface area contributed by atoms with E-state index in [9.17, 15) is 28.8 Å². The molecule has 0 aliphatic carbocycles. The van der Waals surface area contributed by atoms with Crippen LogP contribution in [-0.2, 0) is 14.4 Å². The van der Waals surface area contributed by atoms with Gasteiger partial charge in [-0.05, 0) is 131 Å². The van der Waals surface area contributed by atoms with Crippen molar-refractivity contribution in [1.82, 2.24) is 45.9 Å². The van der Waals surface area contributed by atoms with Crippen molar-refractivity contribution in [3.63, 3.8) is 0 Å². The maximum absolute atomic E-state index is 13.7. The van der Waals surface area contributed by atoms with Crippen molar-refractivity contribution in [2.75, 3.05) is 35.6 Å². The molecule has 3 aromatic heterocycles. The summed E-state index contributed by atoms with van der Waals surface area (Å²) < 4.78 is 0. The Labute approximate surface area is 422 Å². The highest BCUT2D eigenvalue weighted by atomic mass is 16.2. The molecule has 380 valence electrons. The predicted octanol–water partition coefficient (Wildman–Crippen LogP) is 3.84. The van der Waals surface area contributed by atoms with E-state index < -0.39 is 59.5 Å². The Bertz CT molecular complexity index is 2410. The summed E-state index contributed by atoms with van der Waals surface area (Å²) in [7, 11) is 0. The Balaban J connectivity index is 1.24. The van der Waals surface area contributed by atoms with Crippen LogP contribution in [0.25, 0.3) is 0 Å². The maximum Gasteiger partial charge on any atom is 0.272 e. The fourth-order valence-electron chi connectivity index (χ4n) is 7.77. The zero-order valence-corrected chi connectivity index (χ0v) is 40.3. The van der Waals surface area contributed by atoms with E-state index in [-0.39, 0.29) is 17.1 Å². The fourth-order valence-corrected chi connectivity index (χ4v) is 7.77. The second-order valence-corrected chi connectivity index (χ2v) is 17.0. The average molecular weight is 992 g/mol. The van der Waals surface area contributed by atoms with Crippen LogP contribution in [0.1, 0.15) is 112 Å².